The summed E-state index contributed by atoms with van der Waals surface area (Å²) in [6, 6.07) is 9.50. The number of piperazine rings is 1. The van der Waals surface area contributed by atoms with Crippen LogP contribution >= 0.6 is 0 Å². The van der Waals surface area contributed by atoms with E-state index in [1.165, 1.54) is 11.4 Å². The molecule has 0 atom stereocenters. The molecule has 8 heteroatoms. The van der Waals surface area contributed by atoms with E-state index >= 15 is 0 Å². The summed E-state index contributed by atoms with van der Waals surface area (Å²) >= 11 is 0. The van der Waals surface area contributed by atoms with Gasteiger partial charge in [0.05, 0.1) is 19.3 Å². The molecular weight excluding hydrogens is 344 g/mol. The lowest BCUT2D eigenvalue weighted by atomic mass is 10.2. The van der Waals surface area contributed by atoms with E-state index in [1.54, 1.807) is 4.90 Å². The Morgan fingerprint density at radius 2 is 1.68 bits per heavy atom. The molecule has 25 heavy (non-hydrogen) atoms. The van der Waals surface area contributed by atoms with Gasteiger partial charge in [-0.05, 0) is 12.0 Å². The predicted molar refractivity (Wildman–Crippen MR) is 93.3 cm³/mol. The molecule has 7 nitrogen and oxygen atoms in total. The maximum atomic E-state index is 12.5. The van der Waals surface area contributed by atoms with E-state index in [2.05, 4.69) is 4.74 Å². The number of hydrogen-bond acceptors (Lipinski definition) is 5. The normalized spacial score (nSPS) is 15.8. The van der Waals surface area contributed by atoms with Crippen LogP contribution < -0.4 is 0 Å². The van der Waals surface area contributed by atoms with Crippen LogP contribution in [0.1, 0.15) is 18.4 Å². The molecule has 0 spiro atoms. The Labute approximate surface area is 148 Å². The molecule has 1 heterocycles. The molecule has 0 radical (unpaired) electrons. The summed E-state index contributed by atoms with van der Waals surface area (Å²) in [4.78, 5) is 24.7. The predicted octanol–water partition coefficient (Wildman–Crippen LogP) is 0.656. The standard InChI is InChI=1S/C17H24N2O5S/c1-24-17(21)8-7-16(20)18-10-12-19(13-11-18)25(22,23)14-9-15-5-3-2-4-6-15/h2-6H,7-14H2,1H3. The van der Waals surface area contributed by atoms with E-state index < -0.39 is 16.0 Å². The highest BCUT2D eigenvalue weighted by Gasteiger charge is 2.28. The van der Waals surface area contributed by atoms with E-state index in [0.29, 0.717) is 32.6 Å². The molecule has 0 bridgehead atoms. The first-order valence-corrected chi connectivity index (χ1v) is 9.89. The number of carbonyl (C=O) groups excluding carboxylic acids is 2. The summed E-state index contributed by atoms with van der Waals surface area (Å²) in [6.45, 7) is 1.29. The molecule has 1 fully saturated rings. The molecule has 0 aromatic heterocycles. The Morgan fingerprint density at radius 1 is 1.04 bits per heavy atom. The number of amides is 1. The number of methoxy groups -OCH3 is 1. The van der Waals surface area contributed by atoms with Crippen LogP contribution in [0.3, 0.4) is 0 Å². The molecule has 138 valence electrons. The van der Waals surface area contributed by atoms with E-state index in [4.69, 9.17) is 0 Å². The zero-order chi connectivity index (χ0) is 18.3. The minimum atomic E-state index is -3.34. The van der Waals surface area contributed by atoms with Gasteiger partial charge in [0.15, 0.2) is 0 Å². The third-order valence-corrected chi connectivity index (χ3v) is 6.12. The first kappa shape index (κ1) is 19.4. The molecule has 0 aliphatic carbocycles. The monoisotopic (exact) mass is 368 g/mol. The topological polar surface area (TPSA) is 84.0 Å². The molecular formula is C17H24N2O5S. The zero-order valence-electron chi connectivity index (χ0n) is 14.4. The van der Waals surface area contributed by atoms with Crippen molar-refractivity contribution < 1.29 is 22.7 Å². The zero-order valence-corrected chi connectivity index (χ0v) is 15.2. The number of hydrogen-bond donors (Lipinski definition) is 0. The third kappa shape index (κ3) is 5.82. The van der Waals surface area contributed by atoms with Gasteiger partial charge in [0.1, 0.15) is 0 Å². The molecule has 0 N–H and O–H groups in total. The van der Waals surface area contributed by atoms with Gasteiger partial charge in [-0.2, -0.15) is 4.31 Å². The SMILES string of the molecule is COC(=O)CCC(=O)N1CCN(S(=O)(=O)CCc2ccccc2)CC1. The van der Waals surface area contributed by atoms with Crippen LogP contribution in [0.2, 0.25) is 0 Å². The molecule has 1 aliphatic rings. The molecule has 2 rings (SSSR count). The van der Waals surface area contributed by atoms with E-state index in [0.717, 1.165) is 5.56 Å². The van der Waals surface area contributed by atoms with Crippen molar-refractivity contribution in [2.45, 2.75) is 19.3 Å². The number of sulfonamides is 1. The fraction of sp³-hybridized carbons (Fsp3) is 0.529. The minimum Gasteiger partial charge on any atom is -0.469 e. The fourth-order valence-electron chi connectivity index (χ4n) is 2.71. The highest BCUT2D eigenvalue weighted by atomic mass is 32.2. The Morgan fingerprint density at radius 3 is 2.28 bits per heavy atom. The van der Waals surface area contributed by atoms with Gasteiger partial charge >= 0.3 is 5.97 Å². The van der Waals surface area contributed by atoms with Crippen molar-refractivity contribution in [2.24, 2.45) is 0 Å². The third-order valence-electron chi connectivity index (χ3n) is 4.25. The van der Waals surface area contributed by atoms with Gasteiger partial charge in [0.2, 0.25) is 15.9 Å². The van der Waals surface area contributed by atoms with E-state index in [1.807, 2.05) is 30.3 Å². The number of benzene rings is 1. The van der Waals surface area contributed by atoms with Crippen LogP contribution in [0, 0.1) is 0 Å². The highest BCUT2D eigenvalue weighted by Crippen LogP contribution is 2.12. The molecule has 1 aromatic carbocycles. The number of rotatable bonds is 7. The van der Waals surface area contributed by atoms with Crippen LogP contribution in [0.15, 0.2) is 30.3 Å². The maximum Gasteiger partial charge on any atom is 0.306 e. The van der Waals surface area contributed by atoms with Gasteiger partial charge in [0.25, 0.3) is 0 Å². The second-order valence-electron chi connectivity index (χ2n) is 5.91. The van der Waals surface area contributed by atoms with Crippen molar-refractivity contribution in [3.8, 4) is 0 Å². The largest absolute Gasteiger partial charge is 0.469 e. The summed E-state index contributed by atoms with van der Waals surface area (Å²) in [6.07, 6.45) is 0.611. The van der Waals surface area contributed by atoms with Gasteiger partial charge in [0, 0.05) is 32.6 Å². The Hall–Kier alpha value is -1.93. The number of aryl methyl sites for hydroxylation is 1. The molecule has 1 aromatic rings. The molecule has 1 saturated heterocycles. The molecule has 1 aliphatic heterocycles. The highest BCUT2D eigenvalue weighted by molar-refractivity contribution is 7.89. The van der Waals surface area contributed by atoms with Crippen LogP contribution in [0.25, 0.3) is 0 Å². The number of esters is 1. The average Bonchev–Trinajstić information content (AvgIpc) is 2.65. The van der Waals surface area contributed by atoms with Crippen molar-refractivity contribution in [3.05, 3.63) is 35.9 Å². The Bertz CT molecular complexity index is 682. The lowest BCUT2D eigenvalue weighted by Gasteiger charge is -2.34. The smallest absolute Gasteiger partial charge is 0.306 e. The first-order chi connectivity index (χ1) is 11.9. The van der Waals surface area contributed by atoms with Crippen LogP contribution in [0.4, 0.5) is 0 Å². The van der Waals surface area contributed by atoms with Gasteiger partial charge in [-0.1, -0.05) is 30.3 Å². The Kier molecular flexibility index (Phi) is 6.95. The van der Waals surface area contributed by atoms with Crippen LogP contribution in [-0.2, 0) is 30.8 Å². The maximum absolute atomic E-state index is 12.5. The lowest BCUT2D eigenvalue weighted by molar-refractivity contribution is -0.143. The van der Waals surface area contributed by atoms with Crippen molar-refractivity contribution in [3.63, 3.8) is 0 Å². The number of carbonyl (C=O) groups is 2. The van der Waals surface area contributed by atoms with E-state index in [9.17, 15) is 18.0 Å². The van der Waals surface area contributed by atoms with Crippen molar-refractivity contribution >= 4 is 21.9 Å². The second kappa shape index (κ2) is 8.96. The van der Waals surface area contributed by atoms with Crippen LogP contribution in [-0.4, -0.2) is 68.5 Å². The van der Waals surface area contributed by atoms with Gasteiger partial charge in [-0.25, -0.2) is 8.42 Å². The second-order valence-corrected chi connectivity index (χ2v) is 8.00. The summed E-state index contributed by atoms with van der Waals surface area (Å²) in [7, 11) is -2.06. The fourth-order valence-corrected chi connectivity index (χ4v) is 4.18. The van der Waals surface area contributed by atoms with Crippen molar-refractivity contribution in [1.29, 1.82) is 0 Å². The number of ether oxygens (including phenoxy) is 1. The molecule has 0 saturated carbocycles. The average molecular weight is 368 g/mol. The minimum absolute atomic E-state index is 0.0465. The number of nitrogens with zero attached hydrogens (tertiary/aromatic N) is 2. The summed E-state index contributed by atoms with van der Waals surface area (Å²) in [5, 5.41) is 0. The molecule has 0 unspecified atom stereocenters. The van der Waals surface area contributed by atoms with Gasteiger partial charge in [-0.15, -0.1) is 0 Å². The lowest BCUT2D eigenvalue weighted by Crippen LogP contribution is -2.51. The Balaban J connectivity index is 1.80. The van der Waals surface area contributed by atoms with Crippen molar-refractivity contribution in [2.75, 3.05) is 39.0 Å². The molecule has 1 amide bonds. The summed E-state index contributed by atoms with van der Waals surface area (Å²) < 4.78 is 30.9. The van der Waals surface area contributed by atoms with Gasteiger partial charge in [-0.3, -0.25) is 9.59 Å². The van der Waals surface area contributed by atoms with Crippen LogP contribution in [0.5, 0.6) is 0 Å². The first-order valence-electron chi connectivity index (χ1n) is 8.29. The van der Waals surface area contributed by atoms with Crippen molar-refractivity contribution in [1.82, 2.24) is 9.21 Å². The summed E-state index contributed by atoms with van der Waals surface area (Å²) in [5.41, 5.74) is 0.989. The summed E-state index contributed by atoms with van der Waals surface area (Å²) in [5.74, 6) is -0.505. The van der Waals surface area contributed by atoms with Gasteiger partial charge < -0.3 is 9.64 Å². The quantitative estimate of drug-likeness (QED) is 0.660. The van der Waals surface area contributed by atoms with E-state index in [-0.39, 0.29) is 24.5 Å².